The second kappa shape index (κ2) is 9.82. The summed E-state index contributed by atoms with van der Waals surface area (Å²) in [5, 5.41) is 4.50. The van der Waals surface area contributed by atoms with Crippen molar-refractivity contribution in [3.8, 4) is 5.75 Å². The van der Waals surface area contributed by atoms with Crippen LogP contribution in [0.25, 0.3) is 0 Å². The lowest BCUT2D eigenvalue weighted by atomic mass is 10.2. The Kier molecular flexibility index (Phi) is 7.19. The number of benzene rings is 3. The van der Waals surface area contributed by atoms with E-state index in [1.165, 1.54) is 6.21 Å². The zero-order valence-corrected chi connectivity index (χ0v) is 18.7. The van der Waals surface area contributed by atoms with Gasteiger partial charge in [0.05, 0.1) is 11.8 Å². The highest BCUT2D eigenvalue weighted by atomic mass is 79.9. The minimum Gasteiger partial charge on any atom is -0.422 e. The first-order chi connectivity index (χ1) is 13.9. The lowest BCUT2D eigenvalue weighted by molar-refractivity contribution is 0.0734. The third-order valence-electron chi connectivity index (χ3n) is 3.73. The number of carbonyl (C=O) groups excluding carboxylic acids is 2. The highest BCUT2D eigenvalue weighted by molar-refractivity contribution is 9.10. The minimum atomic E-state index is -0.500. The van der Waals surface area contributed by atoms with Crippen molar-refractivity contribution in [2.24, 2.45) is 5.10 Å². The number of hydrogen-bond acceptors (Lipinski definition) is 4. The maximum atomic E-state index is 12.4. The van der Waals surface area contributed by atoms with E-state index in [1.54, 1.807) is 66.7 Å². The fraction of sp³-hybridized carbons (Fsp3) is 0. The van der Waals surface area contributed by atoms with E-state index in [1.807, 2.05) is 0 Å². The van der Waals surface area contributed by atoms with Crippen molar-refractivity contribution in [1.82, 2.24) is 5.43 Å². The van der Waals surface area contributed by atoms with Gasteiger partial charge in [0.1, 0.15) is 5.75 Å². The van der Waals surface area contributed by atoms with E-state index in [9.17, 15) is 9.59 Å². The Hall–Kier alpha value is -2.48. The van der Waals surface area contributed by atoms with Crippen molar-refractivity contribution >= 4 is 61.6 Å². The molecule has 5 nitrogen and oxygen atoms in total. The lowest BCUT2D eigenvalue weighted by Crippen LogP contribution is -2.17. The molecule has 0 aliphatic heterocycles. The molecule has 0 aliphatic rings. The third kappa shape index (κ3) is 6.00. The van der Waals surface area contributed by atoms with E-state index in [2.05, 4.69) is 42.4 Å². The Balaban J connectivity index is 1.73. The molecule has 0 heterocycles. The largest absolute Gasteiger partial charge is 0.422 e. The van der Waals surface area contributed by atoms with Crippen LogP contribution < -0.4 is 10.2 Å². The highest BCUT2D eigenvalue weighted by Gasteiger charge is 2.12. The molecule has 0 saturated heterocycles. The number of halogens is 3. The van der Waals surface area contributed by atoms with Gasteiger partial charge in [0, 0.05) is 25.1 Å². The highest BCUT2D eigenvalue weighted by Crippen LogP contribution is 2.23. The number of amides is 1. The van der Waals surface area contributed by atoms with Crippen LogP contribution in [-0.2, 0) is 0 Å². The van der Waals surface area contributed by atoms with Crippen LogP contribution in [0, 0.1) is 0 Å². The Morgan fingerprint density at radius 1 is 0.897 bits per heavy atom. The Bertz CT molecular complexity index is 1070. The second-order valence-corrected chi connectivity index (χ2v) is 8.05. The first-order valence-electron chi connectivity index (χ1n) is 8.28. The third-order valence-corrected chi connectivity index (χ3v) is 5.00. The molecular formula is C21H13Br2ClN2O3. The van der Waals surface area contributed by atoms with Gasteiger partial charge in [-0.05, 0) is 66.7 Å². The molecule has 3 rings (SSSR count). The zero-order chi connectivity index (χ0) is 20.8. The molecule has 0 bridgehead atoms. The van der Waals surface area contributed by atoms with Crippen molar-refractivity contribution in [3.05, 3.63) is 97.4 Å². The smallest absolute Gasteiger partial charge is 0.343 e. The van der Waals surface area contributed by atoms with Crippen molar-refractivity contribution < 1.29 is 14.3 Å². The maximum Gasteiger partial charge on any atom is 0.343 e. The number of rotatable bonds is 5. The number of hydrogen-bond donors (Lipinski definition) is 1. The summed E-state index contributed by atoms with van der Waals surface area (Å²) >= 11 is 12.5. The van der Waals surface area contributed by atoms with Crippen molar-refractivity contribution in [2.45, 2.75) is 0 Å². The molecule has 1 N–H and O–H groups in total. The van der Waals surface area contributed by atoms with Gasteiger partial charge >= 0.3 is 5.97 Å². The number of carbonyl (C=O) groups is 2. The summed E-state index contributed by atoms with van der Waals surface area (Å²) < 4.78 is 7.12. The van der Waals surface area contributed by atoms with Gasteiger partial charge in [0.25, 0.3) is 5.91 Å². The molecule has 0 aromatic heterocycles. The van der Waals surface area contributed by atoms with Crippen LogP contribution in [0.15, 0.2) is 80.8 Å². The van der Waals surface area contributed by atoms with Crippen LogP contribution in [0.2, 0.25) is 5.02 Å². The van der Waals surface area contributed by atoms with E-state index in [-0.39, 0.29) is 5.91 Å². The van der Waals surface area contributed by atoms with Crippen LogP contribution in [0.5, 0.6) is 5.75 Å². The molecule has 0 saturated carbocycles. The lowest BCUT2D eigenvalue weighted by Gasteiger charge is -2.08. The van der Waals surface area contributed by atoms with E-state index in [4.69, 9.17) is 16.3 Å². The molecule has 0 spiro atoms. The predicted molar refractivity (Wildman–Crippen MR) is 120 cm³/mol. The topological polar surface area (TPSA) is 67.8 Å². The Morgan fingerprint density at radius 3 is 2.21 bits per heavy atom. The molecular weight excluding hydrogens is 524 g/mol. The number of ether oxygens (including phenoxy) is 1. The van der Waals surface area contributed by atoms with E-state index < -0.39 is 5.97 Å². The second-order valence-electron chi connectivity index (χ2n) is 5.78. The average Bonchev–Trinajstić information content (AvgIpc) is 2.70. The van der Waals surface area contributed by atoms with Gasteiger partial charge in [-0.3, -0.25) is 4.79 Å². The van der Waals surface area contributed by atoms with Gasteiger partial charge in [-0.2, -0.15) is 5.10 Å². The number of esters is 1. The van der Waals surface area contributed by atoms with E-state index in [0.29, 0.717) is 27.5 Å². The molecule has 3 aromatic carbocycles. The fourth-order valence-electron chi connectivity index (χ4n) is 2.28. The van der Waals surface area contributed by atoms with Crippen LogP contribution in [0.1, 0.15) is 26.3 Å². The van der Waals surface area contributed by atoms with Gasteiger partial charge in [-0.25, -0.2) is 10.2 Å². The van der Waals surface area contributed by atoms with Crippen LogP contribution in [0.4, 0.5) is 0 Å². The molecule has 29 heavy (non-hydrogen) atoms. The normalized spacial score (nSPS) is 10.7. The summed E-state index contributed by atoms with van der Waals surface area (Å²) in [6, 6.07) is 18.4. The first-order valence-corrected chi connectivity index (χ1v) is 10.2. The maximum absolute atomic E-state index is 12.4. The molecule has 0 unspecified atom stereocenters. The summed E-state index contributed by atoms with van der Waals surface area (Å²) in [5.74, 6) is -0.577. The van der Waals surface area contributed by atoms with E-state index >= 15 is 0 Å². The van der Waals surface area contributed by atoms with Crippen molar-refractivity contribution in [1.29, 1.82) is 0 Å². The quantitative estimate of drug-likeness (QED) is 0.193. The summed E-state index contributed by atoms with van der Waals surface area (Å²) in [5.41, 5.74) is 3.78. The SMILES string of the molecule is O=C(N/N=C\c1cc(Br)ccc1OC(=O)c1ccc(Br)cc1)c1ccc(Cl)cc1. The molecule has 0 atom stereocenters. The number of nitrogens with zero attached hydrogens (tertiary/aromatic N) is 1. The van der Waals surface area contributed by atoms with Crippen LogP contribution in [-0.4, -0.2) is 18.1 Å². The van der Waals surface area contributed by atoms with Gasteiger partial charge in [0.15, 0.2) is 0 Å². The predicted octanol–water partition coefficient (Wildman–Crippen LogP) is 5.85. The fourth-order valence-corrected chi connectivity index (χ4v) is 3.05. The van der Waals surface area contributed by atoms with E-state index in [0.717, 1.165) is 8.95 Å². The first kappa shape index (κ1) is 21.2. The molecule has 3 aromatic rings. The monoisotopic (exact) mass is 534 g/mol. The summed E-state index contributed by atoms with van der Waals surface area (Å²) in [4.78, 5) is 24.5. The molecule has 146 valence electrons. The Morgan fingerprint density at radius 2 is 1.52 bits per heavy atom. The number of nitrogens with one attached hydrogen (secondary N) is 1. The van der Waals surface area contributed by atoms with Gasteiger partial charge in [-0.15, -0.1) is 0 Å². The summed E-state index contributed by atoms with van der Waals surface area (Å²) in [6.45, 7) is 0. The van der Waals surface area contributed by atoms with Gasteiger partial charge in [0.2, 0.25) is 0 Å². The standard InChI is InChI=1S/C21H13Br2ClN2O3/c22-16-5-1-14(2-6-16)21(28)29-19-10-7-17(23)11-15(19)12-25-26-20(27)13-3-8-18(24)9-4-13/h1-12H,(H,26,27)/b25-12-. The summed E-state index contributed by atoms with van der Waals surface area (Å²) in [7, 11) is 0. The average molecular weight is 537 g/mol. The minimum absolute atomic E-state index is 0.311. The molecule has 0 fully saturated rings. The van der Waals surface area contributed by atoms with Gasteiger partial charge in [-0.1, -0.05) is 43.5 Å². The zero-order valence-electron chi connectivity index (χ0n) is 14.7. The molecule has 1 amide bonds. The van der Waals surface area contributed by atoms with Crippen LogP contribution >= 0.6 is 43.5 Å². The van der Waals surface area contributed by atoms with Crippen molar-refractivity contribution in [3.63, 3.8) is 0 Å². The van der Waals surface area contributed by atoms with Crippen molar-refractivity contribution in [2.75, 3.05) is 0 Å². The molecule has 0 aliphatic carbocycles. The summed E-state index contributed by atoms with van der Waals surface area (Å²) in [6.07, 6.45) is 1.41. The Labute approximate surface area is 189 Å². The molecule has 8 heteroatoms. The molecule has 0 radical (unpaired) electrons. The van der Waals surface area contributed by atoms with Gasteiger partial charge < -0.3 is 4.74 Å². The van der Waals surface area contributed by atoms with Crippen LogP contribution in [0.3, 0.4) is 0 Å². The number of hydrazone groups is 1.